The van der Waals surface area contributed by atoms with Gasteiger partial charge in [0.25, 0.3) is 11.6 Å². The van der Waals surface area contributed by atoms with Gasteiger partial charge in [0.15, 0.2) is 16.6 Å². The zero-order chi connectivity index (χ0) is 30.0. The van der Waals surface area contributed by atoms with Crippen LogP contribution in [0.25, 0.3) is 0 Å². The van der Waals surface area contributed by atoms with Gasteiger partial charge in [0.05, 0.1) is 13.2 Å². The van der Waals surface area contributed by atoms with Gasteiger partial charge in [-0.25, -0.2) is 9.59 Å². The maximum Gasteiger partial charge on any atom is 0.379 e. The van der Waals surface area contributed by atoms with E-state index in [2.05, 4.69) is 45.8 Å². The third-order valence-corrected chi connectivity index (χ3v) is 16.0. The van der Waals surface area contributed by atoms with Crippen LogP contribution in [0.5, 0.6) is 0 Å². The van der Waals surface area contributed by atoms with Crippen LogP contribution >= 0.6 is 0 Å². The fourth-order valence-electron chi connectivity index (χ4n) is 4.44. The molecule has 0 spiro atoms. The molecule has 0 aromatic heterocycles. The highest BCUT2D eigenvalue weighted by atomic mass is 28.5. The summed E-state index contributed by atoms with van der Waals surface area (Å²) in [6.45, 7) is 14.7. The Bertz CT molecular complexity index is 1080. The van der Waals surface area contributed by atoms with Crippen LogP contribution in [0, 0.1) is 5.92 Å². The highest BCUT2D eigenvalue weighted by molar-refractivity contribution is 6.87. The van der Waals surface area contributed by atoms with Crippen LogP contribution in [0.1, 0.15) is 33.6 Å². The van der Waals surface area contributed by atoms with Gasteiger partial charge >= 0.3 is 20.5 Å². The number of rotatable bonds is 16. The smallest absolute Gasteiger partial charge is 0.379 e. The van der Waals surface area contributed by atoms with Gasteiger partial charge in [0, 0.05) is 17.0 Å². The molecule has 11 heteroatoms. The number of carbonyl (C=O) groups excluding carboxylic acids is 4. The molecule has 2 aromatic carbocycles. The number of ether oxygens (including phenoxy) is 2. The average Bonchev–Trinajstić information content (AvgIpc) is 2.87. The second-order valence-corrected chi connectivity index (χ2v) is 24.5. The van der Waals surface area contributed by atoms with Gasteiger partial charge in [-0.15, -0.1) is 0 Å². The molecule has 0 N–H and O–H groups in total. The quantitative estimate of drug-likeness (QED) is 0.0996. The SMILES string of the molecule is C[Si](C)(C)O[Si](C)(C)O[Si](C)(C)CCCC(COC(=O)C(=O)c1ccccc1)COC(=O)C(=O)c1ccccc1. The van der Waals surface area contributed by atoms with Gasteiger partial charge in [0.1, 0.15) is 0 Å². The van der Waals surface area contributed by atoms with Crippen molar-refractivity contribution in [3.05, 3.63) is 71.8 Å². The summed E-state index contributed by atoms with van der Waals surface area (Å²) in [6.07, 6.45) is 1.28. The van der Waals surface area contributed by atoms with Gasteiger partial charge < -0.3 is 17.7 Å². The number of Topliss-reactive ketones (excluding diaryl/α,β-unsaturated/α-hetero) is 2. The van der Waals surface area contributed by atoms with Gasteiger partial charge in [-0.05, 0) is 58.3 Å². The number of benzene rings is 2. The largest absolute Gasteiger partial charge is 0.459 e. The van der Waals surface area contributed by atoms with Crippen molar-refractivity contribution < 1.29 is 36.9 Å². The Labute approximate surface area is 240 Å². The highest BCUT2D eigenvalue weighted by Crippen LogP contribution is 2.25. The second-order valence-electron chi connectivity index (χ2n) is 11.8. The standard InChI is InChI=1S/C29H42O8Si3/c1-38(2,3)36-40(6,7)37-39(4,5)20-14-15-23(21-34-28(32)26(30)24-16-10-8-11-17-24)22-35-29(33)27(31)25-18-12-9-13-19-25/h8-13,16-19,23H,14-15,20-22H2,1-7H3. The van der Waals surface area contributed by atoms with Crippen LogP contribution in [0.4, 0.5) is 0 Å². The van der Waals surface area contributed by atoms with Crippen LogP contribution in [0.15, 0.2) is 60.7 Å². The Hall–Kier alpha value is -2.71. The van der Waals surface area contributed by atoms with E-state index < -0.39 is 54.6 Å². The molecule has 218 valence electrons. The molecule has 2 aromatic rings. The fraction of sp³-hybridized carbons (Fsp3) is 0.448. The van der Waals surface area contributed by atoms with Crippen molar-refractivity contribution in [3.63, 3.8) is 0 Å². The van der Waals surface area contributed by atoms with E-state index in [1.54, 1.807) is 60.7 Å². The monoisotopic (exact) mass is 602 g/mol. The fourth-order valence-corrected chi connectivity index (χ4v) is 17.7. The van der Waals surface area contributed by atoms with Gasteiger partial charge in [-0.1, -0.05) is 67.1 Å². The van der Waals surface area contributed by atoms with E-state index in [0.29, 0.717) is 6.42 Å². The third-order valence-electron chi connectivity index (χ3n) is 5.81. The van der Waals surface area contributed by atoms with Gasteiger partial charge in [0.2, 0.25) is 0 Å². The summed E-state index contributed by atoms with van der Waals surface area (Å²) in [7, 11) is -6.12. The summed E-state index contributed by atoms with van der Waals surface area (Å²) in [5.74, 6) is -3.83. The summed E-state index contributed by atoms with van der Waals surface area (Å²) in [5.41, 5.74) is 0.474. The summed E-state index contributed by atoms with van der Waals surface area (Å²) >= 11 is 0. The van der Waals surface area contributed by atoms with Crippen LogP contribution in [0.3, 0.4) is 0 Å². The van der Waals surface area contributed by atoms with E-state index in [9.17, 15) is 19.2 Å². The van der Waals surface area contributed by atoms with Crippen molar-refractivity contribution in [1.82, 2.24) is 0 Å². The lowest BCUT2D eigenvalue weighted by Crippen LogP contribution is -2.51. The van der Waals surface area contributed by atoms with Crippen molar-refractivity contribution in [3.8, 4) is 0 Å². The maximum absolute atomic E-state index is 12.4. The van der Waals surface area contributed by atoms with Crippen molar-refractivity contribution in [2.24, 2.45) is 5.92 Å². The number of ketones is 2. The molecule has 0 atom stereocenters. The molecular weight excluding hydrogens is 561 g/mol. The summed E-state index contributed by atoms with van der Waals surface area (Å²) < 4.78 is 23.6. The van der Waals surface area contributed by atoms with Crippen molar-refractivity contribution in [2.45, 2.75) is 64.7 Å². The van der Waals surface area contributed by atoms with Crippen molar-refractivity contribution >= 4 is 48.7 Å². The predicted octanol–water partition coefficient (Wildman–Crippen LogP) is 6.01. The molecule has 0 fully saturated rings. The molecule has 0 aliphatic carbocycles. The first-order valence-electron chi connectivity index (χ1n) is 13.5. The Balaban J connectivity index is 2.01. The van der Waals surface area contributed by atoms with E-state index in [-0.39, 0.29) is 24.3 Å². The minimum absolute atomic E-state index is 0.119. The lowest BCUT2D eigenvalue weighted by atomic mass is 10.1. The molecule has 0 bridgehead atoms. The number of hydrogen-bond acceptors (Lipinski definition) is 8. The van der Waals surface area contributed by atoms with E-state index in [0.717, 1.165) is 12.5 Å². The number of hydrogen-bond donors (Lipinski definition) is 0. The molecule has 0 amide bonds. The molecule has 0 radical (unpaired) electrons. The third kappa shape index (κ3) is 12.2. The highest BCUT2D eigenvalue weighted by Gasteiger charge is 2.37. The molecule has 8 nitrogen and oxygen atoms in total. The van der Waals surface area contributed by atoms with Crippen LogP contribution in [-0.4, -0.2) is 61.9 Å². The second kappa shape index (κ2) is 14.8. The van der Waals surface area contributed by atoms with E-state index >= 15 is 0 Å². The summed E-state index contributed by atoms with van der Waals surface area (Å²) in [4.78, 5) is 49.7. The Morgan fingerprint density at radius 2 is 1.07 bits per heavy atom. The average molecular weight is 603 g/mol. The molecule has 0 saturated heterocycles. The maximum atomic E-state index is 12.4. The Morgan fingerprint density at radius 3 is 1.48 bits per heavy atom. The Kier molecular flexibility index (Phi) is 12.4. The molecule has 40 heavy (non-hydrogen) atoms. The predicted molar refractivity (Wildman–Crippen MR) is 161 cm³/mol. The first kappa shape index (κ1) is 33.5. The first-order valence-corrected chi connectivity index (χ1v) is 22.9. The first-order chi connectivity index (χ1) is 18.6. The van der Waals surface area contributed by atoms with Crippen LogP contribution in [0.2, 0.25) is 51.9 Å². The lowest BCUT2D eigenvalue weighted by molar-refractivity contribution is -0.143. The molecule has 0 heterocycles. The molecule has 0 unspecified atom stereocenters. The minimum atomic E-state index is -2.29. The Morgan fingerprint density at radius 1 is 0.650 bits per heavy atom. The van der Waals surface area contributed by atoms with E-state index in [1.165, 1.54) is 0 Å². The lowest BCUT2D eigenvalue weighted by Gasteiger charge is -2.37. The topological polar surface area (TPSA) is 105 Å². The molecular formula is C29H42O8Si3. The minimum Gasteiger partial charge on any atom is -0.459 e. The zero-order valence-electron chi connectivity index (χ0n) is 24.7. The van der Waals surface area contributed by atoms with Crippen molar-refractivity contribution in [2.75, 3.05) is 13.2 Å². The number of carbonyl (C=O) groups is 4. The summed E-state index contributed by atoms with van der Waals surface area (Å²) in [5, 5.41) is 0. The molecule has 0 aliphatic rings. The van der Waals surface area contributed by atoms with E-state index in [4.69, 9.17) is 17.7 Å². The normalized spacial score (nSPS) is 12.2. The van der Waals surface area contributed by atoms with Crippen LogP contribution < -0.4 is 0 Å². The molecule has 0 aliphatic heterocycles. The van der Waals surface area contributed by atoms with Gasteiger partial charge in [-0.3, -0.25) is 9.59 Å². The zero-order valence-corrected chi connectivity index (χ0v) is 27.7. The molecule has 2 rings (SSSR count). The van der Waals surface area contributed by atoms with Gasteiger partial charge in [-0.2, -0.15) is 0 Å². The van der Waals surface area contributed by atoms with Crippen molar-refractivity contribution in [1.29, 1.82) is 0 Å². The number of esters is 2. The van der Waals surface area contributed by atoms with E-state index in [1.807, 2.05) is 0 Å². The molecule has 0 saturated carbocycles. The van der Waals surface area contributed by atoms with Crippen LogP contribution in [-0.2, 0) is 27.3 Å². The summed E-state index contributed by atoms with van der Waals surface area (Å²) in [6, 6.07) is 17.2.